The van der Waals surface area contributed by atoms with E-state index in [0.717, 1.165) is 26.0 Å². The van der Waals surface area contributed by atoms with E-state index in [4.69, 9.17) is 15.5 Å². The van der Waals surface area contributed by atoms with Gasteiger partial charge in [-0.1, -0.05) is 13.0 Å². The number of rotatable bonds is 11. The van der Waals surface area contributed by atoms with Gasteiger partial charge in [0.2, 0.25) is 5.90 Å². The average molecular weight is 639 g/mol. The largest absolute Gasteiger partial charge is 0.477 e. The number of ether oxygens (including phenoxy) is 1. The van der Waals surface area contributed by atoms with Gasteiger partial charge in [0, 0.05) is 17.8 Å². The summed E-state index contributed by atoms with van der Waals surface area (Å²) in [7, 11) is 0. The van der Waals surface area contributed by atoms with Crippen LogP contribution >= 0.6 is 0 Å². The fourth-order valence-corrected chi connectivity index (χ4v) is 6.61. The van der Waals surface area contributed by atoms with Crippen molar-refractivity contribution < 1.29 is 31.5 Å². The molecule has 0 spiro atoms. The highest BCUT2D eigenvalue weighted by molar-refractivity contribution is 7.79. The van der Waals surface area contributed by atoms with Crippen LogP contribution in [0.25, 0.3) is 0 Å². The van der Waals surface area contributed by atoms with Gasteiger partial charge in [0.1, 0.15) is 17.3 Å². The van der Waals surface area contributed by atoms with Gasteiger partial charge in [0.15, 0.2) is 11.1 Å². The molecular formula is C30H41F3N6O4S. The van der Waals surface area contributed by atoms with Gasteiger partial charge in [-0.15, -0.1) is 0 Å². The first-order valence-corrected chi connectivity index (χ1v) is 15.6. The smallest absolute Gasteiger partial charge is 0.397 e. The number of aromatic amines is 1. The van der Waals surface area contributed by atoms with Crippen molar-refractivity contribution in [1.82, 2.24) is 15.2 Å². The number of anilines is 1. The lowest BCUT2D eigenvalue weighted by atomic mass is 9.80. The Morgan fingerprint density at radius 1 is 1.25 bits per heavy atom. The third-order valence-corrected chi connectivity index (χ3v) is 9.37. The summed E-state index contributed by atoms with van der Waals surface area (Å²) in [6, 6.07) is 3.17. The van der Waals surface area contributed by atoms with Crippen LogP contribution in [0.3, 0.4) is 0 Å². The van der Waals surface area contributed by atoms with Crippen LogP contribution in [0, 0.1) is 17.8 Å². The third-order valence-electron chi connectivity index (χ3n) is 8.48. The van der Waals surface area contributed by atoms with Gasteiger partial charge >= 0.3 is 6.18 Å². The number of halogens is 3. The van der Waals surface area contributed by atoms with Gasteiger partial charge in [0.05, 0.1) is 28.4 Å². The lowest BCUT2D eigenvalue weighted by molar-refractivity contribution is -0.220. The molecule has 2 aromatic heterocycles. The fraction of sp³-hybridized carbons (Fsp3) is 0.600. The summed E-state index contributed by atoms with van der Waals surface area (Å²) >= 11 is -2.14. The molecule has 0 aliphatic carbocycles. The fourth-order valence-electron chi connectivity index (χ4n) is 5.96. The van der Waals surface area contributed by atoms with E-state index < -0.39 is 35.2 Å². The zero-order chi connectivity index (χ0) is 32.7. The summed E-state index contributed by atoms with van der Waals surface area (Å²) in [5.41, 5.74) is 5.37. The number of carbonyl (C=O) groups excluding carboxylic acids is 1. The van der Waals surface area contributed by atoms with E-state index in [1.807, 2.05) is 0 Å². The molecular weight excluding hydrogens is 597 g/mol. The number of nitrogens with two attached hydrogens (primary N) is 1. The number of aromatic nitrogens is 3. The highest BCUT2D eigenvalue weighted by atomic mass is 32.2. The molecule has 10 nitrogen and oxygen atoms in total. The molecule has 0 saturated carbocycles. The van der Waals surface area contributed by atoms with E-state index in [0.29, 0.717) is 59.9 Å². The summed E-state index contributed by atoms with van der Waals surface area (Å²) in [4.78, 5) is 24.2. The minimum Gasteiger partial charge on any atom is -0.477 e. The molecule has 0 bridgehead atoms. The minimum absolute atomic E-state index is 0.172. The van der Waals surface area contributed by atoms with Crippen LogP contribution in [0.5, 0.6) is 0 Å². The van der Waals surface area contributed by atoms with Crippen molar-refractivity contribution in [3.8, 4) is 0 Å². The van der Waals surface area contributed by atoms with E-state index in [2.05, 4.69) is 40.9 Å². The second kappa shape index (κ2) is 12.3. The van der Waals surface area contributed by atoms with Crippen molar-refractivity contribution >= 4 is 28.7 Å². The Morgan fingerprint density at radius 3 is 2.59 bits per heavy atom. The van der Waals surface area contributed by atoms with Gasteiger partial charge in [-0.2, -0.15) is 18.3 Å². The minimum atomic E-state index is -4.39. The Hall–Kier alpha value is -3.26. The summed E-state index contributed by atoms with van der Waals surface area (Å²) < 4.78 is 66.4. The van der Waals surface area contributed by atoms with Gasteiger partial charge in [-0.05, 0) is 90.3 Å². The maximum absolute atomic E-state index is 13.2. The number of hydrogen-bond donors (Lipinski definition) is 3. The number of primary amides is 1. The Kier molecular flexibility index (Phi) is 9.37. The zero-order valence-corrected chi connectivity index (χ0v) is 26.7. The molecule has 2 aliphatic rings. The predicted molar refractivity (Wildman–Crippen MR) is 162 cm³/mol. The van der Waals surface area contributed by atoms with Crippen molar-refractivity contribution in [3.63, 3.8) is 0 Å². The van der Waals surface area contributed by atoms with Crippen LogP contribution in [-0.2, 0) is 28.7 Å². The molecule has 0 aromatic carbocycles. The zero-order valence-electron chi connectivity index (χ0n) is 25.9. The standard InChI is InChI=1S/C30H41F3N6O4S/c1-18-24(44(41)42)22(38-37-18)13-14-29(6)15-28(4,5)39(16-29)26-21(25(34)40)11-9-20(36-26)8-7-19-10-12-23(35-19)43-17-27(2,3)30(31,32)33/h9-12,19H,7-8,13-17H2,1-6H3,(H2,34,40)(H,37,38)(H,41,42)/t19?,29-/m0/s1. The van der Waals surface area contributed by atoms with Crippen molar-refractivity contribution in [2.75, 3.05) is 18.1 Å². The molecule has 1 fully saturated rings. The summed E-state index contributed by atoms with van der Waals surface area (Å²) in [5, 5.41) is 7.05. The topological polar surface area (TPSA) is 147 Å². The second-order valence-electron chi connectivity index (χ2n) is 13.4. The van der Waals surface area contributed by atoms with Crippen LogP contribution in [0.1, 0.15) is 81.3 Å². The Morgan fingerprint density at radius 2 is 1.95 bits per heavy atom. The summed E-state index contributed by atoms with van der Waals surface area (Å²) in [6.45, 7) is 10.3. The molecule has 4 heterocycles. The number of amides is 1. The van der Waals surface area contributed by atoms with Gasteiger partial charge < -0.3 is 19.9 Å². The van der Waals surface area contributed by atoms with E-state index in [9.17, 15) is 26.7 Å². The number of pyridine rings is 1. The molecule has 14 heteroatoms. The molecule has 0 radical (unpaired) electrons. The second-order valence-corrected chi connectivity index (χ2v) is 14.3. The highest BCUT2D eigenvalue weighted by Gasteiger charge is 2.48. The maximum Gasteiger partial charge on any atom is 0.397 e. The number of nitrogens with one attached hydrogen (secondary N) is 1. The van der Waals surface area contributed by atoms with Gasteiger partial charge in [-0.3, -0.25) is 9.89 Å². The van der Waals surface area contributed by atoms with E-state index in [1.54, 1.807) is 31.2 Å². The number of aliphatic imine (C=N–C) groups is 1. The van der Waals surface area contributed by atoms with E-state index in [1.165, 1.54) is 0 Å². The summed E-state index contributed by atoms with van der Waals surface area (Å²) in [6.07, 6.45) is 2.04. The molecule has 242 valence electrons. The summed E-state index contributed by atoms with van der Waals surface area (Å²) in [5.74, 6) is 0.0864. The normalized spacial score (nSPS) is 22.4. The number of carbonyl (C=O) groups is 1. The van der Waals surface area contributed by atoms with Crippen molar-refractivity contribution in [1.29, 1.82) is 0 Å². The Labute approximate surface area is 258 Å². The molecule has 2 aliphatic heterocycles. The van der Waals surface area contributed by atoms with E-state index >= 15 is 0 Å². The van der Waals surface area contributed by atoms with Crippen LogP contribution < -0.4 is 10.6 Å². The van der Waals surface area contributed by atoms with Crippen LogP contribution in [0.2, 0.25) is 0 Å². The highest BCUT2D eigenvalue weighted by Crippen LogP contribution is 2.46. The number of alkyl halides is 3. The number of hydrogen-bond acceptors (Lipinski definition) is 7. The van der Waals surface area contributed by atoms with Gasteiger partial charge in [0.25, 0.3) is 5.91 Å². The molecule has 4 N–H and O–H groups in total. The van der Waals surface area contributed by atoms with Crippen LogP contribution in [0.15, 0.2) is 34.2 Å². The SMILES string of the molecule is Cc1[nH]nc(CC[C@]2(C)CN(c3nc(CCC4C=CC(OCC(C)(C)C(F)(F)F)=N4)ccc3C(N)=O)C(C)(C)C2)c1S(=O)O. The molecule has 2 aromatic rings. The molecule has 44 heavy (non-hydrogen) atoms. The lowest BCUT2D eigenvalue weighted by Gasteiger charge is -2.33. The average Bonchev–Trinajstić information content (AvgIpc) is 3.59. The number of nitrogens with zero attached hydrogens (tertiary/aromatic N) is 4. The first kappa shape index (κ1) is 33.6. The quantitative estimate of drug-likeness (QED) is 0.283. The maximum atomic E-state index is 13.2. The van der Waals surface area contributed by atoms with Crippen molar-refractivity contribution in [2.24, 2.45) is 21.6 Å². The van der Waals surface area contributed by atoms with E-state index in [-0.39, 0.29) is 22.9 Å². The van der Waals surface area contributed by atoms with Crippen molar-refractivity contribution in [3.05, 3.63) is 46.9 Å². The van der Waals surface area contributed by atoms with Crippen molar-refractivity contribution in [2.45, 2.75) is 96.3 Å². The molecule has 4 rings (SSSR count). The molecule has 3 atom stereocenters. The third kappa shape index (κ3) is 7.33. The monoisotopic (exact) mass is 638 g/mol. The molecule has 1 saturated heterocycles. The van der Waals surface area contributed by atoms with Crippen LogP contribution in [0.4, 0.5) is 19.0 Å². The first-order valence-electron chi connectivity index (χ1n) is 14.5. The van der Waals surface area contributed by atoms with Crippen LogP contribution in [-0.4, -0.2) is 66.7 Å². The van der Waals surface area contributed by atoms with Gasteiger partial charge in [-0.25, -0.2) is 14.2 Å². The molecule has 1 amide bonds. The predicted octanol–water partition coefficient (Wildman–Crippen LogP) is 5.30. The number of aryl methyl sites for hydroxylation is 3. The first-order chi connectivity index (χ1) is 20.3. The lowest BCUT2D eigenvalue weighted by Crippen LogP contribution is -2.40. The molecule has 2 unspecified atom stereocenters. The Balaban J connectivity index is 1.46. The Bertz CT molecular complexity index is 1490. The number of H-pyrrole nitrogens is 1.